The molecule has 18 heavy (non-hydrogen) atoms. The van der Waals surface area contributed by atoms with E-state index in [1.807, 2.05) is 6.07 Å². The standard InChI is InChI=1S/C15H22BrNO/c1-2-10-17-11-15(18-12-6-5-7-12)13-8-3-4-9-14(13)16/h3-4,8-9,12,15,17H,2,5-7,10-11H2,1H3. The average Bonchev–Trinajstić information content (AvgIpc) is 2.32. The van der Waals surface area contributed by atoms with Gasteiger partial charge in [0, 0.05) is 11.0 Å². The number of rotatable bonds is 7. The van der Waals surface area contributed by atoms with E-state index in [0.717, 1.165) is 24.0 Å². The summed E-state index contributed by atoms with van der Waals surface area (Å²) in [6.07, 6.45) is 5.54. The van der Waals surface area contributed by atoms with Crippen molar-refractivity contribution in [2.75, 3.05) is 13.1 Å². The predicted octanol–water partition coefficient (Wildman–Crippen LogP) is 4.06. The molecule has 0 bridgehead atoms. The molecule has 1 saturated carbocycles. The first-order valence-corrected chi connectivity index (χ1v) is 7.71. The molecule has 1 atom stereocenters. The van der Waals surface area contributed by atoms with Gasteiger partial charge in [0.05, 0.1) is 12.2 Å². The average molecular weight is 312 g/mol. The van der Waals surface area contributed by atoms with Crippen molar-refractivity contribution in [3.63, 3.8) is 0 Å². The minimum atomic E-state index is 0.164. The smallest absolute Gasteiger partial charge is 0.0963 e. The van der Waals surface area contributed by atoms with Gasteiger partial charge in [-0.05, 0) is 43.9 Å². The van der Waals surface area contributed by atoms with Gasteiger partial charge in [0.25, 0.3) is 0 Å². The number of benzene rings is 1. The van der Waals surface area contributed by atoms with E-state index in [9.17, 15) is 0 Å². The lowest BCUT2D eigenvalue weighted by Gasteiger charge is -2.31. The molecule has 1 aromatic rings. The van der Waals surface area contributed by atoms with Gasteiger partial charge in [0.1, 0.15) is 0 Å². The molecular weight excluding hydrogens is 290 g/mol. The number of hydrogen-bond acceptors (Lipinski definition) is 2. The maximum atomic E-state index is 6.21. The van der Waals surface area contributed by atoms with Crippen molar-refractivity contribution in [2.45, 2.75) is 44.8 Å². The second-order valence-electron chi connectivity index (χ2n) is 4.90. The molecule has 2 nitrogen and oxygen atoms in total. The fourth-order valence-electron chi connectivity index (χ4n) is 2.12. The molecule has 0 aliphatic heterocycles. The highest BCUT2D eigenvalue weighted by molar-refractivity contribution is 9.10. The van der Waals surface area contributed by atoms with Gasteiger partial charge in [0.2, 0.25) is 0 Å². The molecule has 0 spiro atoms. The molecule has 0 amide bonds. The third kappa shape index (κ3) is 3.81. The van der Waals surface area contributed by atoms with E-state index in [4.69, 9.17) is 4.74 Å². The highest BCUT2D eigenvalue weighted by Crippen LogP contribution is 2.31. The molecule has 1 unspecified atom stereocenters. The first-order valence-electron chi connectivity index (χ1n) is 6.92. The van der Waals surface area contributed by atoms with E-state index in [1.54, 1.807) is 0 Å². The number of ether oxygens (including phenoxy) is 1. The van der Waals surface area contributed by atoms with E-state index in [2.05, 4.69) is 46.4 Å². The normalized spacial score (nSPS) is 17.4. The van der Waals surface area contributed by atoms with Crippen LogP contribution in [0.15, 0.2) is 28.7 Å². The minimum Gasteiger partial charge on any atom is -0.369 e. The topological polar surface area (TPSA) is 21.3 Å². The van der Waals surface area contributed by atoms with Crippen LogP contribution in [0.3, 0.4) is 0 Å². The van der Waals surface area contributed by atoms with Crippen LogP contribution < -0.4 is 5.32 Å². The monoisotopic (exact) mass is 311 g/mol. The summed E-state index contributed by atoms with van der Waals surface area (Å²) in [5.41, 5.74) is 1.26. The molecule has 100 valence electrons. The Morgan fingerprint density at radius 3 is 2.78 bits per heavy atom. The van der Waals surface area contributed by atoms with Crippen LogP contribution in [0, 0.1) is 0 Å². The van der Waals surface area contributed by atoms with E-state index in [0.29, 0.717) is 6.10 Å². The Balaban J connectivity index is 2.00. The second kappa shape index (κ2) is 7.27. The predicted molar refractivity (Wildman–Crippen MR) is 78.8 cm³/mol. The summed E-state index contributed by atoms with van der Waals surface area (Å²) in [7, 11) is 0. The summed E-state index contributed by atoms with van der Waals surface area (Å²) >= 11 is 3.63. The molecule has 2 rings (SSSR count). The zero-order valence-corrected chi connectivity index (χ0v) is 12.6. The number of halogens is 1. The zero-order chi connectivity index (χ0) is 12.8. The van der Waals surface area contributed by atoms with Crippen molar-refractivity contribution in [3.8, 4) is 0 Å². The quantitative estimate of drug-likeness (QED) is 0.767. The van der Waals surface area contributed by atoms with Crippen molar-refractivity contribution in [1.29, 1.82) is 0 Å². The van der Waals surface area contributed by atoms with Gasteiger partial charge >= 0.3 is 0 Å². The highest BCUT2D eigenvalue weighted by Gasteiger charge is 2.24. The summed E-state index contributed by atoms with van der Waals surface area (Å²) in [4.78, 5) is 0. The minimum absolute atomic E-state index is 0.164. The fourth-order valence-corrected chi connectivity index (χ4v) is 2.66. The SMILES string of the molecule is CCCNCC(OC1CCC1)c1ccccc1Br. The van der Waals surface area contributed by atoms with E-state index in [1.165, 1.54) is 24.8 Å². The lowest BCUT2D eigenvalue weighted by molar-refractivity contribution is -0.0521. The number of hydrogen-bond donors (Lipinski definition) is 1. The molecule has 1 aliphatic rings. The van der Waals surface area contributed by atoms with E-state index >= 15 is 0 Å². The molecule has 0 heterocycles. The van der Waals surface area contributed by atoms with Gasteiger partial charge in [-0.1, -0.05) is 41.1 Å². The van der Waals surface area contributed by atoms with Crippen LogP contribution in [0.5, 0.6) is 0 Å². The van der Waals surface area contributed by atoms with Gasteiger partial charge in [-0.15, -0.1) is 0 Å². The van der Waals surface area contributed by atoms with Gasteiger partial charge in [-0.2, -0.15) is 0 Å². The molecule has 1 N–H and O–H groups in total. The van der Waals surface area contributed by atoms with Crippen LogP contribution in [0.2, 0.25) is 0 Å². The van der Waals surface area contributed by atoms with Crippen molar-refractivity contribution >= 4 is 15.9 Å². The maximum Gasteiger partial charge on any atom is 0.0963 e. The van der Waals surface area contributed by atoms with E-state index in [-0.39, 0.29) is 6.10 Å². The van der Waals surface area contributed by atoms with Gasteiger partial charge in [-0.25, -0.2) is 0 Å². The Hall–Kier alpha value is -0.380. The van der Waals surface area contributed by atoms with E-state index < -0.39 is 0 Å². The molecule has 1 fully saturated rings. The fraction of sp³-hybridized carbons (Fsp3) is 0.600. The summed E-state index contributed by atoms with van der Waals surface area (Å²) in [6.45, 7) is 4.13. The molecule has 0 radical (unpaired) electrons. The Bertz CT molecular complexity index is 365. The first-order chi connectivity index (χ1) is 8.81. The molecule has 0 saturated heterocycles. The summed E-state index contributed by atoms with van der Waals surface area (Å²) in [5.74, 6) is 0. The molecule has 3 heteroatoms. The summed E-state index contributed by atoms with van der Waals surface area (Å²) in [6, 6.07) is 8.37. The van der Waals surface area contributed by atoms with Crippen LogP contribution >= 0.6 is 15.9 Å². The van der Waals surface area contributed by atoms with Crippen molar-refractivity contribution in [1.82, 2.24) is 5.32 Å². The third-order valence-electron chi connectivity index (χ3n) is 3.42. The highest BCUT2D eigenvalue weighted by atomic mass is 79.9. The van der Waals surface area contributed by atoms with Crippen molar-refractivity contribution < 1.29 is 4.74 Å². The summed E-state index contributed by atoms with van der Waals surface area (Å²) in [5, 5.41) is 3.47. The van der Waals surface area contributed by atoms with Crippen LogP contribution in [-0.4, -0.2) is 19.2 Å². The first kappa shape index (κ1) is 14.0. The van der Waals surface area contributed by atoms with Crippen LogP contribution in [0.4, 0.5) is 0 Å². The lowest BCUT2D eigenvalue weighted by atomic mass is 9.95. The number of nitrogens with one attached hydrogen (secondary N) is 1. The van der Waals surface area contributed by atoms with Crippen LogP contribution in [0.1, 0.15) is 44.3 Å². The van der Waals surface area contributed by atoms with Gasteiger partial charge < -0.3 is 10.1 Å². The Morgan fingerprint density at radius 1 is 1.39 bits per heavy atom. The molecular formula is C15H22BrNO. The zero-order valence-electron chi connectivity index (χ0n) is 11.0. The van der Waals surface area contributed by atoms with Crippen LogP contribution in [0.25, 0.3) is 0 Å². The second-order valence-corrected chi connectivity index (χ2v) is 5.76. The maximum absolute atomic E-state index is 6.21. The Kier molecular flexibility index (Phi) is 5.67. The van der Waals surface area contributed by atoms with Crippen molar-refractivity contribution in [2.24, 2.45) is 0 Å². The molecule has 0 aromatic heterocycles. The van der Waals surface area contributed by atoms with Gasteiger partial charge in [-0.3, -0.25) is 0 Å². The Labute approximate surface area is 118 Å². The molecule has 1 aliphatic carbocycles. The largest absolute Gasteiger partial charge is 0.369 e. The molecule has 1 aromatic carbocycles. The third-order valence-corrected chi connectivity index (χ3v) is 4.14. The van der Waals surface area contributed by atoms with Crippen molar-refractivity contribution in [3.05, 3.63) is 34.3 Å². The Morgan fingerprint density at radius 2 is 2.17 bits per heavy atom. The summed E-state index contributed by atoms with van der Waals surface area (Å²) < 4.78 is 7.35. The van der Waals surface area contributed by atoms with Gasteiger partial charge in [0.15, 0.2) is 0 Å². The lowest BCUT2D eigenvalue weighted by Crippen LogP contribution is -2.30. The van der Waals surface area contributed by atoms with Crippen LogP contribution in [-0.2, 0) is 4.74 Å².